The van der Waals surface area contributed by atoms with Crippen LogP contribution >= 0.6 is 0 Å². The number of nitro groups is 1. The number of amides is 2. The van der Waals surface area contributed by atoms with E-state index >= 15 is 0 Å². The summed E-state index contributed by atoms with van der Waals surface area (Å²) in [4.78, 5) is 34.7. The molecule has 0 aliphatic rings. The predicted octanol–water partition coefficient (Wildman–Crippen LogP) is 2.05. The minimum absolute atomic E-state index is 0.261. The molecule has 0 rings (SSSR count). The van der Waals surface area contributed by atoms with Crippen molar-refractivity contribution in [2.45, 2.75) is 84.3 Å². The quantitative estimate of drug-likeness (QED) is 0.101. The largest absolute Gasteiger partial charge is 0.444 e. The average molecular weight is 417 g/mol. The van der Waals surface area contributed by atoms with Crippen LogP contribution in [-0.4, -0.2) is 47.7 Å². The summed E-state index contributed by atoms with van der Waals surface area (Å²) >= 11 is 0. The van der Waals surface area contributed by atoms with E-state index in [1.54, 1.807) is 26.2 Å². The zero-order valence-corrected chi connectivity index (χ0v) is 17.9. The zero-order valence-electron chi connectivity index (χ0n) is 17.9. The van der Waals surface area contributed by atoms with E-state index in [-0.39, 0.29) is 5.91 Å². The SMILES string of the molecule is CCCCCCNC(=O)C(CCCCNC(=N)N[N+](=O)[O-])NC(=O)OC(C)(C)C. The molecular formula is C18H36N6O5. The van der Waals surface area contributed by atoms with Gasteiger partial charge in [0.05, 0.1) is 0 Å². The van der Waals surface area contributed by atoms with Crippen LogP contribution in [0.25, 0.3) is 0 Å². The van der Waals surface area contributed by atoms with E-state index in [0.717, 1.165) is 25.7 Å². The number of rotatable bonds is 13. The van der Waals surface area contributed by atoms with Crippen LogP contribution in [0.1, 0.15) is 72.6 Å². The summed E-state index contributed by atoms with van der Waals surface area (Å²) in [7, 11) is 0. The molecule has 0 aliphatic heterocycles. The molecule has 0 aromatic carbocycles. The second kappa shape index (κ2) is 14.4. The molecule has 0 fully saturated rings. The van der Waals surface area contributed by atoms with Gasteiger partial charge in [-0.25, -0.2) is 14.9 Å². The fourth-order valence-electron chi connectivity index (χ4n) is 2.42. The van der Waals surface area contributed by atoms with E-state index in [2.05, 4.69) is 22.9 Å². The lowest BCUT2D eigenvalue weighted by atomic mass is 10.1. The number of carbonyl (C=O) groups is 2. The molecule has 1 atom stereocenters. The van der Waals surface area contributed by atoms with Crippen LogP contribution < -0.4 is 21.4 Å². The van der Waals surface area contributed by atoms with Gasteiger partial charge in [-0.15, -0.1) is 0 Å². The van der Waals surface area contributed by atoms with Gasteiger partial charge < -0.3 is 20.7 Å². The number of nitrogens with zero attached hydrogens (tertiary/aromatic N) is 1. The van der Waals surface area contributed by atoms with Crippen LogP contribution in [-0.2, 0) is 9.53 Å². The molecule has 168 valence electrons. The number of nitrogens with one attached hydrogen (secondary N) is 5. The van der Waals surface area contributed by atoms with Gasteiger partial charge in [-0.3, -0.25) is 10.2 Å². The molecule has 0 saturated heterocycles. The lowest BCUT2D eigenvalue weighted by Gasteiger charge is -2.23. The van der Waals surface area contributed by atoms with Crippen molar-refractivity contribution in [1.82, 2.24) is 21.4 Å². The van der Waals surface area contributed by atoms with Gasteiger partial charge in [0.25, 0.3) is 5.96 Å². The Morgan fingerprint density at radius 3 is 2.28 bits per heavy atom. The number of alkyl carbamates (subject to hydrolysis) is 1. The summed E-state index contributed by atoms with van der Waals surface area (Å²) in [6.07, 6.45) is 5.02. The highest BCUT2D eigenvalue weighted by atomic mass is 16.7. The molecule has 0 heterocycles. The first kappa shape index (κ1) is 26.4. The van der Waals surface area contributed by atoms with Gasteiger partial charge in [-0.05, 0) is 46.5 Å². The van der Waals surface area contributed by atoms with Crippen LogP contribution in [0.3, 0.4) is 0 Å². The molecular weight excluding hydrogens is 380 g/mol. The van der Waals surface area contributed by atoms with Gasteiger partial charge in [0.1, 0.15) is 11.6 Å². The second-order valence-corrected chi connectivity index (χ2v) is 7.72. The van der Waals surface area contributed by atoms with Crippen molar-refractivity contribution in [2.24, 2.45) is 0 Å². The molecule has 1 unspecified atom stereocenters. The van der Waals surface area contributed by atoms with E-state index < -0.39 is 28.7 Å². The Labute approximate surface area is 172 Å². The molecule has 11 nitrogen and oxygen atoms in total. The molecule has 5 N–H and O–H groups in total. The Hall–Kier alpha value is -2.59. The summed E-state index contributed by atoms with van der Waals surface area (Å²) in [6, 6.07) is -0.729. The van der Waals surface area contributed by atoms with Crippen molar-refractivity contribution in [2.75, 3.05) is 13.1 Å². The first-order chi connectivity index (χ1) is 13.5. The maximum Gasteiger partial charge on any atom is 0.408 e. The van der Waals surface area contributed by atoms with Gasteiger partial charge in [-0.1, -0.05) is 31.6 Å². The first-order valence-corrected chi connectivity index (χ1v) is 10.1. The minimum atomic E-state index is -0.818. The van der Waals surface area contributed by atoms with Gasteiger partial charge in [0.2, 0.25) is 5.91 Å². The van der Waals surface area contributed by atoms with Crippen molar-refractivity contribution in [3.8, 4) is 0 Å². The number of ether oxygens (including phenoxy) is 1. The molecule has 0 saturated carbocycles. The molecule has 0 aliphatic carbocycles. The Balaban J connectivity index is 4.46. The number of guanidine groups is 1. The highest BCUT2D eigenvalue weighted by molar-refractivity contribution is 5.85. The normalized spacial score (nSPS) is 11.9. The maximum absolute atomic E-state index is 12.5. The number of hydrogen-bond donors (Lipinski definition) is 5. The van der Waals surface area contributed by atoms with Crippen molar-refractivity contribution in [3.63, 3.8) is 0 Å². The van der Waals surface area contributed by atoms with E-state index in [4.69, 9.17) is 10.1 Å². The summed E-state index contributed by atoms with van der Waals surface area (Å²) in [6.45, 7) is 8.23. The van der Waals surface area contributed by atoms with Gasteiger partial charge in [0, 0.05) is 13.1 Å². The third-order valence-corrected chi connectivity index (χ3v) is 3.76. The van der Waals surface area contributed by atoms with E-state index in [0.29, 0.717) is 32.4 Å². The maximum atomic E-state index is 12.5. The number of hydrazine groups is 1. The van der Waals surface area contributed by atoms with Crippen molar-refractivity contribution >= 4 is 18.0 Å². The minimum Gasteiger partial charge on any atom is -0.444 e. The topological polar surface area (TPSA) is 158 Å². The average Bonchev–Trinajstić information content (AvgIpc) is 2.57. The Bertz CT molecular complexity index is 535. The third kappa shape index (κ3) is 16.1. The van der Waals surface area contributed by atoms with Crippen molar-refractivity contribution in [3.05, 3.63) is 10.1 Å². The van der Waals surface area contributed by atoms with Crippen LogP contribution in [0.15, 0.2) is 0 Å². The predicted molar refractivity (Wildman–Crippen MR) is 110 cm³/mol. The lowest BCUT2D eigenvalue weighted by molar-refractivity contribution is -0.525. The zero-order chi connectivity index (χ0) is 22.3. The Morgan fingerprint density at radius 2 is 1.69 bits per heavy atom. The number of carbonyl (C=O) groups excluding carboxylic acids is 2. The summed E-state index contributed by atoms with van der Waals surface area (Å²) in [5.41, 5.74) is 1.04. The smallest absolute Gasteiger partial charge is 0.408 e. The molecule has 0 spiro atoms. The van der Waals surface area contributed by atoms with E-state index in [9.17, 15) is 19.7 Å². The molecule has 0 bridgehead atoms. The second-order valence-electron chi connectivity index (χ2n) is 7.72. The molecule has 2 amide bonds. The van der Waals surface area contributed by atoms with Gasteiger partial charge >= 0.3 is 6.09 Å². The van der Waals surface area contributed by atoms with Crippen LogP contribution in [0.4, 0.5) is 4.79 Å². The standard InChI is InChI=1S/C18H36N6O5/c1-5-6-7-9-12-20-15(25)14(22-17(26)29-18(2,3)4)11-8-10-13-21-16(19)23-24(27)28/h14H,5-13H2,1-4H3,(H,20,25)(H,22,26)(H3,19,21,23). The molecule has 11 heteroatoms. The highest BCUT2D eigenvalue weighted by Gasteiger charge is 2.23. The molecule has 0 radical (unpaired) electrons. The first-order valence-electron chi connectivity index (χ1n) is 10.1. The fourth-order valence-corrected chi connectivity index (χ4v) is 2.42. The summed E-state index contributed by atoms with van der Waals surface area (Å²) in [5.74, 6) is -0.661. The summed E-state index contributed by atoms with van der Waals surface area (Å²) < 4.78 is 5.23. The van der Waals surface area contributed by atoms with Gasteiger partial charge in [-0.2, -0.15) is 0 Å². The Morgan fingerprint density at radius 1 is 1.07 bits per heavy atom. The lowest BCUT2D eigenvalue weighted by Crippen LogP contribution is -2.48. The van der Waals surface area contributed by atoms with Gasteiger partial charge in [0.15, 0.2) is 5.03 Å². The number of unbranched alkanes of at least 4 members (excludes halogenated alkanes) is 4. The van der Waals surface area contributed by atoms with Crippen LogP contribution in [0, 0.1) is 15.5 Å². The van der Waals surface area contributed by atoms with E-state index in [1.165, 1.54) is 0 Å². The molecule has 29 heavy (non-hydrogen) atoms. The van der Waals surface area contributed by atoms with Crippen LogP contribution in [0.2, 0.25) is 0 Å². The van der Waals surface area contributed by atoms with Crippen molar-refractivity contribution < 1.29 is 19.4 Å². The molecule has 0 aromatic heterocycles. The monoisotopic (exact) mass is 416 g/mol. The number of hydrogen-bond acceptors (Lipinski definition) is 6. The van der Waals surface area contributed by atoms with Crippen molar-refractivity contribution in [1.29, 1.82) is 5.41 Å². The van der Waals surface area contributed by atoms with Crippen LogP contribution in [0.5, 0.6) is 0 Å². The third-order valence-electron chi connectivity index (χ3n) is 3.76. The molecule has 0 aromatic rings. The fraction of sp³-hybridized carbons (Fsp3) is 0.833. The highest BCUT2D eigenvalue weighted by Crippen LogP contribution is 2.08. The van der Waals surface area contributed by atoms with E-state index in [1.807, 2.05) is 0 Å². The Kier molecular flexibility index (Phi) is 13.1. The summed E-state index contributed by atoms with van der Waals surface area (Å²) in [5, 5.41) is 24.7.